The zero-order chi connectivity index (χ0) is 19.7. The first-order valence-corrected chi connectivity index (χ1v) is 11.3. The molecule has 0 radical (unpaired) electrons. The van der Waals surface area contributed by atoms with Gasteiger partial charge in [0.1, 0.15) is 0 Å². The molecule has 1 aliphatic rings. The Morgan fingerprint density at radius 1 is 1.32 bits per heavy atom. The van der Waals surface area contributed by atoms with E-state index in [9.17, 15) is 8.42 Å². The van der Waals surface area contributed by atoms with Crippen molar-refractivity contribution >= 4 is 40.0 Å². The predicted octanol–water partition coefficient (Wildman–Crippen LogP) is 2.27. The van der Waals surface area contributed by atoms with Gasteiger partial charge in [-0.05, 0) is 57.4 Å². The highest BCUT2D eigenvalue weighted by Crippen LogP contribution is 2.16. The summed E-state index contributed by atoms with van der Waals surface area (Å²) in [5.74, 6) is 0.741. The number of nitrogens with zero attached hydrogens (tertiary/aromatic N) is 2. The van der Waals surface area contributed by atoms with E-state index in [0.29, 0.717) is 12.6 Å². The summed E-state index contributed by atoms with van der Waals surface area (Å²) in [6.07, 6.45) is 5.02. The third kappa shape index (κ3) is 8.62. The lowest BCUT2D eigenvalue weighted by Gasteiger charge is -2.33. The molecule has 160 valence electrons. The van der Waals surface area contributed by atoms with Crippen molar-refractivity contribution in [1.29, 1.82) is 0 Å². The number of guanidine groups is 1. The molecule has 1 aromatic rings. The fourth-order valence-corrected chi connectivity index (χ4v) is 3.90. The molecule has 28 heavy (non-hydrogen) atoms. The van der Waals surface area contributed by atoms with Gasteiger partial charge in [-0.25, -0.2) is 18.5 Å². The van der Waals surface area contributed by atoms with E-state index in [1.807, 2.05) is 13.0 Å². The molecule has 1 saturated heterocycles. The first-order valence-electron chi connectivity index (χ1n) is 9.78. The van der Waals surface area contributed by atoms with Crippen LogP contribution in [0.15, 0.2) is 34.2 Å². The maximum Gasteiger partial charge on any atom is 0.238 e. The molecule has 1 atom stereocenters. The second kappa shape index (κ2) is 12.6. The van der Waals surface area contributed by atoms with E-state index in [1.165, 1.54) is 31.9 Å². The van der Waals surface area contributed by atoms with Gasteiger partial charge in [0.25, 0.3) is 0 Å². The van der Waals surface area contributed by atoms with Crippen molar-refractivity contribution in [2.75, 3.05) is 26.2 Å². The molecule has 0 amide bonds. The minimum absolute atomic E-state index is 0. The predicted molar refractivity (Wildman–Crippen MR) is 126 cm³/mol. The molecule has 0 saturated carbocycles. The Balaban J connectivity index is 0.00000392. The lowest BCUT2D eigenvalue weighted by atomic mass is 10.0. The Bertz CT molecular complexity index is 727. The van der Waals surface area contributed by atoms with Gasteiger partial charge in [0.05, 0.1) is 11.4 Å². The standard InChI is InChI=1S/C19H33N5O2S.HI/c1-3-21-19(22-11-7-13-24-12-5-4-8-16(24)2)23-15-17-9-6-10-18(14-17)27(20,25)26;/h6,9-10,14,16H,3-5,7-8,11-13,15H2,1-2H3,(H2,20,25,26)(H2,21,22,23);1H. The van der Waals surface area contributed by atoms with Gasteiger partial charge in [-0.2, -0.15) is 0 Å². The van der Waals surface area contributed by atoms with Crippen LogP contribution in [0.5, 0.6) is 0 Å². The summed E-state index contributed by atoms with van der Waals surface area (Å²) in [5.41, 5.74) is 0.806. The highest BCUT2D eigenvalue weighted by molar-refractivity contribution is 14.0. The van der Waals surface area contributed by atoms with Gasteiger partial charge in [-0.1, -0.05) is 18.6 Å². The lowest BCUT2D eigenvalue weighted by molar-refractivity contribution is 0.159. The molecule has 7 nitrogen and oxygen atoms in total. The second-order valence-electron chi connectivity index (χ2n) is 7.05. The van der Waals surface area contributed by atoms with Crippen molar-refractivity contribution in [1.82, 2.24) is 15.5 Å². The molecule has 9 heteroatoms. The number of benzene rings is 1. The highest BCUT2D eigenvalue weighted by atomic mass is 127. The minimum atomic E-state index is -3.69. The monoisotopic (exact) mass is 523 g/mol. The van der Waals surface area contributed by atoms with Crippen molar-refractivity contribution in [3.05, 3.63) is 29.8 Å². The normalized spacial score (nSPS) is 18.4. The van der Waals surface area contributed by atoms with E-state index in [2.05, 4.69) is 27.4 Å². The molecule has 1 aromatic carbocycles. The molecule has 0 aromatic heterocycles. The molecule has 0 aliphatic carbocycles. The van der Waals surface area contributed by atoms with Gasteiger partial charge in [0, 0.05) is 25.7 Å². The van der Waals surface area contributed by atoms with Crippen LogP contribution in [0.25, 0.3) is 0 Å². The molecule has 1 aliphatic heterocycles. The van der Waals surface area contributed by atoms with Crippen LogP contribution in [0.2, 0.25) is 0 Å². The number of nitrogens with two attached hydrogens (primary N) is 1. The van der Waals surface area contributed by atoms with Crippen LogP contribution < -0.4 is 15.8 Å². The Morgan fingerprint density at radius 2 is 2.11 bits per heavy atom. The van der Waals surface area contributed by atoms with Gasteiger partial charge in [-0.15, -0.1) is 24.0 Å². The Hall–Kier alpha value is -0.910. The molecular formula is C19H34IN5O2S. The van der Waals surface area contributed by atoms with Crippen LogP contribution in [0, 0.1) is 0 Å². The average molecular weight is 523 g/mol. The summed E-state index contributed by atoms with van der Waals surface area (Å²) >= 11 is 0. The number of primary sulfonamides is 1. The Labute approximate surface area is 186 Å². The number of hydrogen-bond donors (Lipinski definition) is 3. The Kier molecular flexibility index (Phi) is 11.3. The first-order chi connectivity index (χ1) is 12.9. The molecule has 1 heterocycles. The molecular weight excluding hydrogens is 489 g/mol. The number of likely N-dealkylation sites (tertiary alicyclic amines) is 1. The van der Waals surface area contributed by atoms with E-state index < -0.39 is 10.0 Å². The summed E-state index contributed by atoms with van der Waals surface area (Å²) in [7, 11) is -3.69. The van der Waals surface area contributed by atoms with Gasteiger partial charge in [-0.3, -0.25) is 0 Å². The van der Waals surface area contributed by atoms with Crippen molar-refractivity contribution < 1.29 is 8.42 Å². The molecule has 4 N–H and O–H groups in total. The summed E-state index contributed by atoms with van der Waals surface area (Å²) in [5, 5.41) is 11.8. The van der Waals surface area contributed by atoms with Crippen LogP contribution in [0.4, 0.5) is 0 Å². The van der Waals surface area contributed by atoms with Crippen molar-refractivity contribution in [3.8, 4) is 0 Å². The van der Waals surface area contributed by atoms with Crippen LogP contribution in [0.3, 0.4) is 0 Å². The summed E-state index contributed by atoms with van der Waals surface area (Å²) in [4.78, 5) is 7.23. The summed E-state index contributed by atoms with van der Waals surface area (Å²) in [6, 6.07) is 7.28. The number of nitrogens with one attached hydrogen (secondary N) is 2. The second-order valence-corrected chi connectivity index (χ2v) is 8.61. The fourth-order valence-electron chi connectivity index (χ4n) is 3.31. The van der Waals surface area contributed by atoms with Crippen LogP contribution in [0.1, 0.15) is 45.1 Å². The molecule has 0 spiro atoms. The fraction of sp³-hybridized carbons (Fsp3) is 0.632. The van der Waals surface area contributed by atoms with Gasteiger partial charge < -0.3 is 15.5 Å². The maximum absolute atomic E-state index is 11.5. The smallest absolute Gasteiger partial charge is 0.238 e. The molecule has 2 rings (SSSR count). The number of halogens is 1. The van der Waals surface area contributed by atoms with Gasteiger partial charge in [0.2, 0.25) is 10.0 Å². The van der Waals surface area contributed by atoms with Crippen molar-refractivity contribution in [2.45, 2.75) is 57.0 Å². The number of piperidine rings is 1. The Morgan fingerprint density at radius 3 is 2.79 bits per heavy atom. The van der Waals surface area contributed by atoms with Gasteiger partial charge in [0.15, 0.2) is 5.96 Å². The average Bonchev–Trinajstić information content (AvgIpc) is 2.64. The zero-order valence-corrected chi connectivity index (χ0v) is 20.0. The zero-order valence-electron chi connectivity index (χ0n) is 16.9. The van der Waals surface area contributed by atoms with Crippen molar-refractivity contribution in [2.24, 2.45) is 10.1 Å². The van der Waals surface area contributed by atoms with Crippen LogP contribution >= 0.6 is 24.0 Å². The number of rotatable bonds is 8. The summed E-state index contributed by atoms with van der Waals surface area (Å²) in [6.45, 7) is 8.65. The number of hydrogen-bond acceptors (Lipinski definition) is 4. The first kappa shape index (κ1) is 25.1. The van der Waals surface area contributed by atoms with E-state index in [-0.39, 0.29) is 28.9 Å². The molecule has 0 bridgehead atoms. The third-order valence-corrected chi connectivity index (χ3v) is 5.76. The number of aliphatic imine (C=N–C) groups is 1. The summed E-state index contributed by atoms with van der Waals surface area (Å²) < 4.78 is 22.9. The molecule has 1 fully saturated rings. The minimum Gasteiger partial charge on any atom is -0.357 e. The quantitative estimate of drug-likeness (QED) is 0.210. The number of sulfonamides is 1. The van der Waals surface area contributed by atoms with Crippen molar-refractivity contribution in [3.63, 3.8) is 0 Å². The lowest BCUT2D eigenvalue weighted by Crippen LogP contribution is -2.41. The van der Waals surface area contributed by atoms with Crippen LogP contribution in [-0.2, 0) is 16.6 Å². The van der Waals surface area contributed by atoms with E-state index >= 15 is 0 Å². The van der Waals surface area contributed by atoms with Gasteiger partial charge >= 0.3 is 0 Å². The topological polar surface area (TPSA) is 99.8 Å². The maximum atomic E-state index is 11.5. The third-order valence-electron chi connectivity index (χ3n) is 4.85. The van der Waals surface area contributed by atoms with E-state index in [0.717, 1.165) is 37.6 Å². The van der Waals surface area contributed by atoms with E-state index in [4.69, 9.17) is 5.14 Å². The highest BCUT2D eigenvalue weighted by Gasteiger charge is 2.17. The van der Waals surface area contributed by atoms with Crippen LogP contribution in [-0.4, -0.2) is 51.5 Å². The largest absolute Gasteiger partial charge is 0.357 e. The SMILES string of the molecule is CCNC(=NCc1cccc(S(N)(=O)=O)c1)NCCCN1CCCCC1C.I. The van der Waals surface area contributed by atoms with E-state index in [1.54, 1.807) is 12.1 Å². The molecule has 1 unspecified atom stereocenters.